The predicted octanol–water partition coefficient (Wildman–Crippen LogP) is 1.61. The summed E-state index contributed by atoms with van der Waals surface area (Å²) >= 11 is 6.19. The maximum absolute atomic E-state index is 11.6. The van der Waals surface area contributed by atoms with Crippen molar-refractivity contribution in [2.75, 3.05) is 23.5 Å². The number of rotatable bonds is 5. The van der Waals surface area contributed by atoms with Crippen LogP contribution in [0.25, 0.3) is 0 Å². The minimum atomic E-state index is -2.89. The van der Waals surface area contributed by atoms with E-state index in [2.05, 4.69) is 10.3 Å². The van der Waals surface area contributed by atoms with Gasteiger partial charge in [0.05, 0.1) is 16.5 Å². The van der Waals surface area contributed by atoms with E-state index in [-0.39, 0.29) is 17.5 Å². The summed E-state index contributed by atoms with van der Waals surface area (Å²) in [5.74, 6) is 1.27. The Kier molecular flexibility index (Phi) is 4.12. The molecule has 1 aliphatic heterocycles. The molecule has 2 heterocycles. The molecule has 7 heteroatoms. The van der Waals surface area contributed by atoms with Crippen molar-refractivity contribution in [3.05, 3.63) is 22.8 Å². The number of hydrogen-bond donors (Lipinski definition) is 1. The molecule has 0 amide bonds. The van der Waals surface area contributed by atoms with Crippen molar-refractivity contribution in [3.63, 3.8) is 0 Å². The lowest BCUT2D eigenvalue weighted by atomic mass is 10.2. The van der Waals surface area contributed by atoms with Crippen LogP contribution in [-0.2, 0) is 16.4 Å². The van der Waals surface area contributed by atoms with Gasteiger partial charge in [-0.2, -0.15) is 0 Å². The van der Waals surface area contributed by atoms with Crippen LogP contribution in [0.5, 0.6) is 0 Å². The molecule has 1 atom stereocenters. The lowest BCUT2D eigenvalue weighted by molar-refractivity contribution is 0.600. The number of anilines is 1. The van der Waals surface area contributed by atoms with E-state index in [1.165, 1.54) is 12.8 Å². The van der Waals surface area contributed by atoms with Gasteiger partial charge in [0, 0.05) is 31.9 Å². The van der Waals surface area contributed by atoms with E-state index in [1.54, 1.807) is 6.20 Å². The van der Waals surface area contributed by atoms with Crippen molar-refractivity contribution in [2.24, 2.45) is 0 Å². The Morgan fingerprint density at radius 2 is 2.19 bits per heavy atom. The topological polar surface area (TPSA) is 62.3 Å². The predicted molar refractivity (Wildman–Crippen MR) is 84.6 cm³/mol. The molecular formula is C14H20ClN3O2S. The fourth-order valence-corrected chi connectivity index (χ4v) is 4.55. The van der Waals surface area contributed by atoms with E-state index in [4.69, 9.17) is 11.6 Å². The second-order valence-electron chi connectivity index (χ2n) is 5.96. The highest BCUT2D eigenvalue weighted by atomic mass is 35.5. The molecule has 0 bridgehead atoms. The molecule has 1 aromatic heterocycles. The molecule has 1 saturated heterocycles. The number of aromatic nitrogens is 1. The third-order valence-electron chi connectivity index (χ3n) is 4.20. The summed E-state index contributed by atoms with van der Waals surface area (Å²) < 4.78 is 23.2. The van der Waals surface area contributed by atoms with E-state index in [0.717, 1.165) is 17.9 Å². The molecule has 2 fully saturated rings. The van der Waals surface area contributed by atoms with E-state index in [1.807, 2.05) is 18.0 Å². The molecule has 2 aliphatic rings. The molecule has 1 saturated carbocycles. The second kappa shape index (κ2) is 5.74. The Labute approximate surface area is 130 Å². The number of nitrogens with one attached hydrogen (secondary N) is 1. The first-order valence-electron chi connectivity index (χ1n) is 7.26. The molecular weight excluding hydrogens is 310 g/mol. The number of nitrogens with zero attached hydrogens (tertiary/aromatic N) is 2. The fraction of sp³-hybridized carbons (Fsp3) is 0.643. The van der Waals surface area contributed by atoms with E-state index < -0.39 is 9.84 Å². The van der Waals surface area contributed by atoms with Crippen LogP contribution in [-0.4, -0.2) is 44.0 Å². The third kappa shape index (κ3) is 3.67. The summed E-state index contributed by atoms with van der Waals surface area (Å²) in [6, 6.07) is 2.59. The van der Waals surface area contributed by atoms with Crippen LogP contribution in [0.1, 0.15) is 24.8 Å². The smallest absolute Gasteiger partial charge is 0.152 e. The van der Waals surface area contributed by atoms with Gasteiger partial charge in [-0.1, -0.05) is 11.6 Å². The molecule has 21 heavy (non-hydrogen) atoms. The van der Waals surface area contributed by atoms with Crippen molar-refractivity contribution in [1.29, 1.82) is 0 Å². The van der Waals surface area contributed by atoms with E-state index in [9.17, 15) is 8.42 Å². The van der Waals surface area contributed by atoms with Gasteiger partial charge in [-0.3, -0.25) is 0 Å². The lowest BCUT2D eigenvalue weighted by Gasteiger charge is -2.25. The van der Waals surface area contributed by atoms with E-state index >= 15 is 0 Å². The molecule has 5 nitrogen and oxygen atoms in total. The molecule has 1 aliphatic carbocycles. The van der Waals surface area contributed by atoms with Crippen LogP contribution in [0.4, 0.5) is 5.82 Å². The van der Waals surface area contributed by atoms with Crippen LogP contribution in [0.2, 0.25) is 5.02 Å². The van der Waals surface area contributed by atoms with Crippen LogP contribution >= 0.6 is 11.6 Å². The lowest BCUT2D eigenvalue weighted by Crippen LogP contribution is -2.33. The summed E-state index contributed by atoms with van der Waals surface area (Å²) in [4.78, 5) is 6.31. The fourth-order valence-electron chi connectivity index (χ4n) is 2.61. The van der Waals surface area contributed by atoms with Crippen molar-refractivity contribution in [3.8, 4) is 0 Å². The molecule has 3 rings (SSSR count). The normalized spacial score (nSPS) is 24.2. The Morgan fingerprint density at radius 1 is 1.43 bits per heavy atom. The average Bonchev–Trinajstić information content (AvgIpc) is 3.20. The highest BCUT2D eigenvalue weighted by molar-refractivity contribution is 7.91. The maximum atomic E-state index is 11.6. The van der Waals surface area contributed by atoms with Gasteiger partial charge in [0.2, 0.25) is 0 Å². The zero-order valence-electron chi connectivity index (χ0n) is 12.0. The van der Waals surface area contributed by atoms with Gasteiger partial charge in [0.1, 0.15) is 5.82 Å². The van der Waals surface area contributed by atoms with Gasteiger partial charge >= 0.3 is 0 Å². The Hall–Kier alpha value is -0.850. The number of sulfone groups is 1. The van der Waals surface area contributed by atoms with Crippen LogP contribution in [0, 0.1) is 0 Å². The standard InChI is InChI=1S/C14H20ClN3O2S/c1-18(12-4-5-21(19,20)9-12)14-6-10(13(15)8-17-14)7-16-11-2-3-11/h6,8,11-12,16H,2-5,7,9H2,1H3. The van der Waals surface area contributed by atoms with Crippen LogP contribution in [0.3, 0.4) is 0 Å². The molecule has 1 aromatic rings. The molecule has 1 N–H and O–H groups in total. The van der Waals surface area contributed by atoms with Gasteiger partial charge in [0.15, 0.2) is 9.84 Å². The van der Waals surface area contributed by atoms with Gasteiger partial charge in [-0.25, -0.2) is 13.4 Å². The average molecular weight is 330 g/mol. The third-order valence-corrected chi connectivity index (χ3v) is 6.29. The largest absolute Gasteiger partial charge is 0.356 e. The summed E-state index contributed by atoms with van der Waals surface area (Å²) in [5, 5.41) is 4.09. The maximum Gasteiger partial charge on any atom is 0.152 e. The first-order valence-corrected chi connectivity index (χ1v) is 9.45. The first kappa shape index (κ1) is 15.1. The molecule has 0 aromatic carbocycles. The van der Waals surface area contributed by atoms with Crippen LogP contribution < -0.4 is 10.2 Å². The van der Waals surface area contributed by atoms with Gasteiger partial charge in [-0.15, -0.1) is 0 Å². The Bertz CT molecular complexity index is 631. The minimum Gasteiger partial charge on any atom is -0.356 e. The second-order valence-corrected chi connectivity index (χ2v) is 8.59. The molecule has 0 radical (unpaired) electrons. The molecule has 0 spiro atoms. The van der Waals surface area contributed by atoms with Crippen LogP contribution in [0.15, 0.2) is 12.3 Å². The quantitative estimate of drug-likeness (QED) is 0.889. The minimum absolute atomic E-state index is 0.00733. The van der Waals surface area contributed by atoms with E-state index in [0.29, 0.717) is 17.5 Å². The number of hydrogen-bond acceptors (Lipinski definition) is 5. The summed E-state index contributed by atoms with van der Waals surface area (Å²) in [6.07, 6.45) is 4.78. The number of halogens is 1. The zero-order chi connectivity index (χ0) is 15.0. The van der Waals surface area contributed by atoms with Gasteiger partial charge < -0.3 is 10.2 Å². The Morgan fingerprint density at radius 3 is 2.81 bits per heavy atom. The monoisotopic (exact) mass is 329 g/mol. The molecule has 116 valence electrons. The first-order chi connectivity index (χ1) is 9.94. The highest BCUT2D eigenvalue weighted by Gasteiger charge is 2.31. The molecule has 1 unspecified atom stereocenters. The summed E-state index contributed by atoms with van der Waals surface area (Å²) in [6.45, 7) is 0.732. The SMILES string of the molecule is CN(c1cc(CNC2CC2)c(Cl)cn1)C1CCS(=O)(=O)C1. The van der Waals surface area contributed by atoms with Crippen molar-refractivity contribution in [2.45, 2.75) is 37.9 Å². The van der Waals surface area contributed by atoms with Crippen molar-refractivity contribution in [1.82, 2.24) is 10.3 Å². The van der Waals surface area contributed by atoms with Crippen molar-refractivity contribution < 1.29 is 8.42 Å². The van der Waals surface area contributed by atoms with Crippen molar-refractivity contribution >= 4 is 27.3 Å². The zero-order valence-corrected chi connectivity index (χ0v) is 13.6. The summed E-state index contributed by atoms with van der Waals surface area (Å²) in [7, 11) is -0.985. The highest BCUT2D eigenvalue weighted by Crippen LogP contribution is 2.26. The summed E-state index contributed by atoms with van der Waals surface area (Å²) in [5.41, 5.74) is 1.02. The van der Waals surface area contributed by atoms with Gasteiger partial charge in [0.25, 0.3) is 0 Å². The van der Waals surface area contributed by atoms with Gasteiger partial charge in [-0.05, 0) is 30.9 Å². The number of pyridine rings is 1. The Balaban J connectivity index is 1.73.